The highest BCUT2D eigenvalue weighted by Gasteiger charge is 2.23. The van der Waals surface area contributed by atoms with Crippen molar-refractivity contribution in [3.63, 3.8) is 0 Å². The van der Waals surface area contributed by atoms with Gasteiger partial charge in [0.05, 0.1) is 0 Å². The van der Waals surface area contributed by atoms with E-state index in [0.717, 1.165) is 0 Å². The van der Waals surface area contributed by atoms with Gasteiger partial charge in [-0.3, -0.25) is 0 Å². The Kier molecular flexibility index (Phi) is 4.34. The maximum absolute atomic E-state index is 10.6. The van der Waals surface area contributed by atoms with Crippen molar-refractivity contribution < 1.29 is 15.1 Å². The topological polar surface area (TPSA) is 52.6 Å². The Bertz CT molecular complexity index is 191. The van der Waals surface area contributed by atoms with Crippen molar-refractivity contribution in [2.75, 3.05) is 0 Å². The van der Waals surface area contributed by atoms with Crippen molar-refractivity contribution in [3.8, 4) is 0 Å². The lowest BCUT2D eigenvalue weighted by atomic mass is 10.5. The molecular formula is C3H6I2O4S. The van der Waals surface area contributed by atoms with Gasteiger partial charge in [0.15, 0.2) is 0 Å². The van der Waals surface area contributed by atoms with Gasteiger partial charge >= 0.3 is 10.4 Å². The molecule has 0 aromatic rings. The lowest BCUT2D eigenvalue weighted by Gasteiger charge is -2.14. The summed E-state index contributed by atoms with van der Waals surface area (Å²) in [6.07, 6.45) is 0. The van der Waals surface area contributed by atoms with Gasteiger partial charge in [-0.05, 0) is 36.4 Å². The van der Waals surface area contributed by atoms with Gasteiger partial charge in [-0.25, -0.2) is 4.18 Å². The second-order valence-electron chi connectivity index (χ2n) is 1.92. The molecule has 0 radical (unpaired) electrons. The molecule has 0 bridgehead atoms. The molecule has 0 heterocycles. The zero-order chi connectivity index (χ0) is 8.41. The van der Waals surface area contributed by atoms with Crippen molar-refractivity contribution in [3.05, 3.63) is 0 Å². The zero-order valence-electron chi connectivity index (χ0n) is 5.30. The Morgan fingerprint density at radius 2 is 1.80 bits per heavy atom. The Morgan fingerprint density at radius 1 is 1.40 bits per heavy atom. The van der Waals surface area contributed by atoms with Crippen LogP contribution in [0.15, 0.2) is 0 Å². The first-order valence-corrected chi connectivity index (χ1v) is 5.51. The van der Waals surface area contributed by atoms with Crippen LogP contribution in [0.4, 0.5) is 0 Å². The molecule has 10 heavy (non-hydrogen) atoms. The fourth-order valence-electron chi connectivity index (χ4n) is 0.256. The quantitative estimate of drug-likeness (QED) is 0.543. The Hall–Kier alpha value is 1.33. The first kappa shape index (κ1) is 11.3. The van der Waals surface area contributed by atoms with E-state index in [2.05, 4.69) is 6.70 Å². The highest BCUT2D eigenvalue weighted by Crippen LogP contribution is 2.22. The summed E-state index contributed by atoms with van der Waals surface area (Å²) in [6.45, 7) is 3.22. The monoisotopic (exact) mass is 392 g/mol. The third-order valence-electron chi connectivity index (χ3n) is 0.377. The van der Waals surface area contributed by atoms with E-state index in [1.807, 2.05) is 22.6 Å². The standard InChI is InChI=1S/C3H6I2O4S/c1-3(2,4)8-10(6,7)9-5/h1-2H3. The first-order chi connectivity index (χ1) is 4.27. The Morgan fingerprint density at radius 3 is 1.90 bits per heavy atom. The molecule has 0 atom stereocenters. The van der Waals surface area contributed by atoms with Gasteiger partial charge in [0.25, 0.3) is 0 Å². The molecule has 0 aliphatic carbocycles. The van der Waals surface area contributed by atoms with Gasteiger partial charge in [0.1, 0.15) is 26.6 Å². The molecule has 0 aromatic carbocycles. The van der Waals surface area contributed by atoms with E-state index >= 15 is 0 Å². The van der Waals surface area contributed by atoms with Crippen LogP contribution in [0.3, 0.4) is 0 Å². The largest absolute Gasteiger partial charge is 0.410 e. The van der Waals surface area contributed by atoms with E-state index in [9.17, 15) is 8.42 Å². The second-order valence-corrected chi connectivity index (χ2v) is 6.70. The summed E-state index contributed by atoms with van der Waals surface area (Å²) in [4.78, 5) is 0. The Labute approximate surface area is 87.8 Å². The third kappa shape index (κ3) is 6.07. The van der Waals surface area contributed by atoms with Crippen molar-refractivity contribution in [2.24, 2.45) is 0 Å². The summed E-state index contributed by atoms with van der Waals surface area (Å²) in [7, 11) is -3.80. The second kappa shape index (κ2) is 3.83. The smallest absolute Gasteiger partial charge is 0.231 e. The minimum absolute atomic E-state index is 0.762. The fourth-order valence-corrected chi connectivity index (χ4v) is 1.65. The van der Waals surface area contributed by atoms with Gasteiger partial charge in [-0.2, -0.15) is 10.9 Å². The lowest BCUT2D eigenvalue weighted by molar-refractivity contribution is 0.212. The number of halogens is 2. The molecule has 0 saturated carbocycles. The fraction of sp³-hybridized carbons (Fsp3) is 1.00. The highest BCUT2D eigenvalue weighted by atomic mass is 127. The molecule has 0 rings (SSSR count). The van der Waals surface area contributed by atoms with E-state index in [-0.39, 0.29) is 0 Å². The Balaban J connectivity index is 4.18. The summed E-state index contributed by atoms with van der Waals surface area (Å²) in [5.74, 6) is 0. The zero-order valence-corrected chi connectivity index (χ0v) is 10.4. The van der Waals surface area contributed by atoms with Gasteiger partial charge in [-0.15, -0.1) is 0 Å². The molecule has 4 nitrogen and oxygen atoms in total. The van der Waals surface area contributed by atoms with Crippen molar-refractivity contribution in [1.29, 1.82) is 0 Å². The summed E-state index contributed by atoms with van der Waals surface area (Å²) in [6, 6.07) is 0. The van der Waals surface area contributed by atoms with E-state index in [1.54, 1.807) is 13.8 Å². The number of hydrogen-bond donors (Lipinski definition) is 0. The van der Waals surface area contributed by atoms with Crippen molar-refractivity contribution in [1.82, 2.24) is 0 Å². The van der Waals surface area contributed by atoms with Crippen LogP contribution in [0.2, 0.25) is 0 Å². The molecule has 0 aliphatic rings. The summed E-state index contributed by atoms with van der Waals surface area (Å²) in [5, 5.41) is 0. The normalized spacial score (nSPS) is 13.6. The van der Waals surface area contributed by atoms with Gasteiger partial charge < -0.3 is 0 Å². The van der Waals surface area contributed by atoms with Crippen LogP contribution in [0.25, 0.3) is 0 Å². The number of rotatable bonds is 3. The third-order valence-corrected chi connectivity index (χ3v) is 2.99. The molecule has 0 unspecified atom stereocenters. The maximum Gasteiger partial charge on any atom is 0.410 e. The summed E-state index contributed by atoms with van der Waals surface area (Å²) in [5.41, 5.74) is 0. The van der Waals surface area contributed by atoms with Crippen LogP contribution < -0.4 is 0 Å². The van der Waals surface area contributed by atoms with Crippen LogP contribution in [-0.2, 0) is 17.1 Å². The minimum Gasteiger partial charge on any atom is -0.231 e. The van der Waals surface area contributed by atoms with Crippen LogP contribution >= 0.6 is 45.6 Å². The molecule has 0 aliphatic heterocycles. The summed E-state index contributed by atoms with van der Waals surface area (Å²) < 4.78 is 28.9. The molecule has 7 heteroatoms. The van der Waals surface area contributed by atoms with Gasteiger partial charge in [0.2, 0.25) is 0 Å². The number of hydrogen-bond acceptors (Lipinski definition) is 4. The van der Waals surface area contributed by atoms with Crippen LogP contribution in [0.5, 0.6) is 0 Å². The first-order valence-electron chi connectivity index (χ1n) is 2.21. The van der Waals surface area contributed by atoms with Gasteiger partial charge in [-0.1, -0.05) is 0 Å². The lowest BCUT2D eigenvalue weighted by Crippen LogP contribution is -2.20. The van der Waals surface area contributed by atoms with E-state index in [1.165, 1.54) is 23.0 Å². The highest BCUT2D eigenvalue weighted by molar-refractivity contribution is 14.1. The molecule has 0 amide bonds. The van der Waals surface area contributed by atoms with E-state index in [0.29, 0.717) is 0 Å². The minimum atomic E-state index is -3.80. The average molecular weight is 392 g/mol. The molecule has 0 saturated heterocycles. The maximum atomic E-state index is 10.6. The molecule has 0 N–H and O–H groups in total. The number of alkyl halides is 1. The van der Waals surface area contributed by atoms with Crippen LogP contribution in [0, 0.1) is 0 Å². The SMILES string of the molecule is CC(C)(I)OS(=O)(=O)OI. The molecule has 62 valence electrons. The molecular weight excluding hydrogens is 386 g/mol. The average Bonchev–Trinajstić information content (AvgIpc) is 1.60. The van der Waals surface area contributed by atoms with Crippen LogP contribution in [-0.4, -0.2) is 12.0 Å². The van der Waals surface area contributed by atoms with Crippen molar-refractivity contribution >= 4 is 56.0 Å². The van der Waals surface area contributed by atoms with E-state index < -0.39 is 14.0 Å². The predicted octanol–water partition coefficient (Wildman–Crippen LogP) is 1.79. The molecule has 0 fully saturated rings. The predicted molar refractivity (Wildman–Crippen MR) is 53.2 cm³/mol. The molecule has 0 aromatic heterocycles. The summed E-state index contributed by atoms with van der Waals surface area (Å²) >= 11 is 3.09. The van der Waals surface area contributed by atoms with Gasteiger partial charge in [0, 0.05) is 0 Å². The molecule has 0 spiro atoms. The van der Waals surface area contributed by atoms with E-state index in [4.69, 9.17) is 0 Å². The van der Waals surface area contributed by atoms with Crippen molar-refractivity contribution in [2.45, 2.75) is 17.5 Å². The van der Waals surface area contributed by atoms with Crippen LogP contribution in [0.1, 0.15) is 13.8 Å².